The van der Waals surface area contributed by atoms with Crippen LogP contribution in [0.1, 0.15) is 6.42 Å². The smallest absolute Gasteiger partial charge is 0.109 e. The van der Waals surface area contributed by atoms with E-state index in [0.29, 0.717) is 0 Å². The maximum Gasteiger partial charge on any atom is 0.109 e. The lowest BCUT2D eigenvalue weighted by Crippen LogP contribution is -2.42. The molecule has 1 rings (SSSR count). The third kappa shape index (κ3) is 4.54. The molecule has 1 aliphatic heterocycles. The highest BCUT2D eigenvalue weighted by molar-refractivity contribution is 14.1. The highest BCUT2D eigenvalue weighted by atomic mass is 127. The van der Waals surface area contributed by atoms with Crippen LogP contribution in [0.2, 0.25) is 0 Å². The first-order valence-electron chi connectivity index (χ1n) is 4.19. The molecule has 0 saturated carbocycles. The molecule has 1 aliphatic rings. The molecule has 0 atom stereocenters. The van der Waals surface area contributed by atoms with Gasteiger partial charge in [-0.3, -0.25) is 0 Å². The number of nitrogens with zero attached hydrogens (tertiary/aromatic N) is 2. The molecular weight excluding hydrogens is 382 g/mol. The zero-order chi connectivity index (χ0) is 8.81. The van der Waals surface area contributed by atoms with E-state index in [1.165, 1.54) is 32.7 Å². The van der Waals surface area contributed by atoms with Gasteiger partial charge in [0, 0.05) is 55.6 Å². The summed E-state index contributed by atoms with van der Waals surface area (Å²) in [5, 5.41) is 0. The van der Waals surface area contributed by atoms with E-state index in [4.69, 9.17) is 3.07 Å². The first-order chi connectivity index (χ1) is 5.83. The van der Waals surface area contributed by atoms with Crippen molar-refractivity contribution < 1.29 is 3.07 Å². The Morgan fingerprint density at radius 2 is 1.83 bits per heavy atom. The van der Waals surface area contributed by atoms with E-state index in [0.717, 1.165) is 13.0 Å². The fourth-order valence-electron chi connectivity index (χ4n) is 1.29. The lowest BCUT2D eigenvalue weighted by molar-refractivity contribution is 0.196. The summed E-state index contributed by atoms with van der Waals surface area (Å²) in [5.74, 6) is 0. The quantitative estimate of drug-likeness (QED) is 0.409. The molecule has 0 unspecified atom stereocenters. The Balaban J connectivity index is 2.01. The Labute approximate surface area is 102 Å². The topological polar surface area (TPSA) is 15.7 Å². The van der Waals surface area contributed by atoms with E-state index < -0.39 is 0 Å². The molecule has 0 aromatic rings. The summed E-state index contributed by atoms with van der Waals surface area (Å²) in [6, 6.07) is 0. The zero-order valence-corrected chi connectivity index (χ0v) is 11.3. The second-order valence-electron chi connectivity index (χ2n) is 2.92. The van der Waals surface area contributed by atoms with Crippen molar-refractivity contribution in [3.8, 4) is 0 Å². The van der Waals surface area contributed by atoms with Gasteiger partial charge >= 0.3 is 0 Å². The van der Waals surface area contributed by atoms with Gasteiger partial charge in [0.05, 0.1) is 6.61 Å². The van der Waals surface area contributed by atoms with Crippen LogP contribution >= 0.6 is 45.9 Å². The van der Waals surface area contributed by atoms with Crippen LogP contribution < -0.4 is 0 Å². The van der Waals surface area contributed by atoms with Crippen molar-refractivity contribution in [1.29, 1.82) is 0 Å². The van der Waals surface area contributed by atoms with Crippen molar-refractivity contribution in [3.63, 3.8) is 0 Å². The molecule has 1 heterocycles. The minimum Gasteiger partial charge on any atom is -0.316 e. The Morgan fingerprint density at radius 1 is 1.17 bits per heavy atom. The van der Waals surface area contributed by atoms with E-state index in [1.54, 1.807) is 0 Å². The second kappa shape index (κ2) is 6.74. The fourth-order valence-corrected chi connectivity index (χ4v) is 2.03. The molecule has 1 saturated heterocycles. The molecule has 0 aromatic carbocycles. The Bertz CT molecular complexity index is 118. The number of hydrogen-bond donors (Lipinski definition) is 0. The lowest BCUT2D eigenvalue weighted by Gasteiger charge is -2.30. The van der Waals surface area contributed by atoms with Gasteiger partial charge in [-0.05, 0) is 6.42 Å². The van der Waals surface area contributed by atoms with Crippen molar-refractivity contribution in [1.82, 2.24) is 8.01 Å². The van der Waals surface area contributed by atoms with Crippen LogP contribution in [0.3, 0.4) is 0 Å². The summed E-state index contributed by atoms with van der Waals surface area (Å²) in [4.78, 5) is 2.50. The predicted molar refractivity (Wildman–Crippen MR) is 66.6 cm³/mol. The summed E-state index contributed by atoms with van der Waals surface area (Å²) < 4.78 is 7.34. The Morgan fingerprint density at radius 3 is 2.42 bits per heavy atom. The molecule has 5 heteroatoms. The molecule has 1 fully saturated rings. The van der Waals surface area contributed by atoms with Crippen molar-refractivity contribution in [2.75, 3.05) is 39.3 Å². The molecule has 0 bridgehead atoms. The highest BCUT2D eigenvalue weighted by Gasteiger charge is 2.13. The van der Waals surface area contributed by atoms with Crippen molar-refractivity contribution in [2.24, 2.45) is 0 Å². The van der Waals surface area contributed by atoms with Crippen molar-refractivity contribution in [2.45, 2.75) is 6.42 Å². The maximum absolute atomic E-state index is 4.99. The molecular formula is C7H14I2N2O. The standard InChI is InChI=1S/C7H14I2N2O/c8-11-5-3-10(4-6-11)2-1-7-12-9/h1-7H2. The number of rotatable bonds is 4. The SMILES string of the molecule is IOCCCN1CCN(I)CC1. The summed E-state index contributed by atoms with van der Waals surface area (Å²) in [6.45, 7) is 6.89. The lowest BCUT2D eigenvalue weighted by atomic mass is 10.3. The van der Waals surface area contributed by atoms with Gasteiger partial charge < -0.3 is 7.97 Å². The van der Waals surface area contributed by atoms with E-state index in [1.807, 2.05) is 23.0 Å². The van der Waals surface area contributed by atoms with Gasteiger partial charge in [0.2, 0.25) is 0 Å². The van der Waals surface area contributed by atoms with Gasteiger partial charge in [-0.25, -0.2) is 3.11 Å². The van der Waals surface area contributed by atoms with Crippen LogP contribution in [0.4, 0.5) is 0 Å². The Hall–Kier alpha value is 1.34. The molecule has 72 valence electrons. The van der Waals surface area contributed by atoms with Crippen molar-refractivity contribution >= 4 is 45.9 Å². The molecule has 0 N–H and O–H groups in total. The van der Waals surface area contributed by atoms with Crippen LogP contribution in [-0.2, 0) is 3.07 Å². The third-order valence-corrected chi connectivity index (χ3v) is 3.42. The van der Waals surface area contributed by atoms with Gasteiger partial charge in [-0.15, -0.1) is 0 Å². The molecule has 0 spiro atoms. The van der Waals surface area contributed by atoms with Crippen LogP contribution in [0, 0.1) is 0 Å². The van der Waals surface area contributed by atoms with Crippen LogP contribution in [0.5, 0.6) is 0 Å². The molecule has 12 heavy (non-hydrogen) atoms. The van der Waals surface area contributed by atoms with E-state index in [2.05, 4.69) is 30.9 Å². The average Bonchev–Trinajstić information content (AvgIpc) is 2.09. The number of halogens is 2. The van der Waals surface area contributed by atoms with Gasteiger partial charge in [0.15, 0.2) is 0 Å². The van der Waals surface area contributed by atoms with Gasteiger partial charge in [-0.1, -0.05) is 0 Å². The van der Waals surface area contributed by atoms with Gasteiger partial charge in [0.25, 0.3) is 0 Å². The highest BCUT2D eigenvalue weighted by Crippen LogP contribution is 2.06. The summed E-state index contributed by atoms with van der Waals surface area (Å²) >= 11 is 4.35. The molecule has 0 aromatic heterocycles. The van der Waals surface area contributed by atoms with E-state index in [9.17, 15) is 0 Å². The minimum absolute atomic E-state index is 0.880. The molecule has 3 nitrogen and oxygen atoms in total. The van der Waals surface area contributed by atoms with Gasteiger partial charge in [0.1, 0.15) is 23.0 Å². The monoisotopic (exact) mass is 396 g/mol. The fraction of sp³-hybridized carbons (Fsp3) is 1.00. The first kappa shape index (κ1) is 11.4. The average molecular weight is 396 g/mol. The number of hydrogen-bond acceptors (Lipinski definition) is 3. The largest absolute Gasteiger partial charge is 0.316 e. The minimum atomic E-state index is 0.880. The predicted octanol–water partition coefficient (Wildman–Crippen LogP) is 1.71. The maximum atomic E-state index is 4.99. The van der Waals surface area contributed by atoms with Crippen LogP contribution in [-0.4, -0.2) is 47.3 Å². The first-order valence-corrected chi connectivity index (χ1v) is 6.04. The third-order valence-electron chi connectivity index (χ3n) is 2.01. The van der Waals surface area contributed by atoms with E-state index in [-0.39, 0.29) is 0 Å². The Kier molecular flexibility index (Phi) is 6.41. The van der Waals surface area contributed by atoms with Crippen molar-refractivity contribution in [3.05, 3.63) is 0 Å². The molecule has 0 aliphatic carbocycles. The van der Waals surface area contributed by atoms with Crippen LogP contribution in [0.25, 0.3) is 0 Å². The normalized spacial score (nSPS) is 21.5. The van der Waals surface area contributed by atoms with E-state index >= 15 is 0 Å². The molecule has 0 radical (unpaired) electrons. The zero-order valence-electron chi connectivity index (χ0n) is 7.01. The summed E-state index contributed by atoms with van der Waals surface area (Å²) in [7, 11) is 0. The van der Waals surface area contributed by atoms with Gasteiger partial charge in [-0.2, -0.15) is 0 Å². The van der Waals surface area contributed by atoms with Crippen LogP contribution in [0.15, 0.2) is 0 Å². The summed E-state index contributed by atoms with van der Waals surface area (Å²) in [6.07, 6.45) is 1.16. The number of piperazine rings is 1. The summed E-state index contributed by atoms with van der Waals surface area (Å²) in [5.41, 5.74) is 0. The molecule has 0 amide bonds. The second-order valence-corrected chi connectivity index (χ2v) is 4.91.